The number of benzene rings is 2. The molecule has 270 valence electrons. The highest BCUT2D eigenvalue weighted by Gasteiger charge is 2.22. The number of nitrogens with zero attached hydrogens (tertiary/aromatic N) is 8. The summed E-state index contributed by atoms with van der Waals surface area (Å²) in [6, 6.07) is 15.1. The molecule has 4 aromatic heterocycles. The van der Waals surface area contributed by atoms with Gasteiger partial charge in [0.25, 0.3) is 0 Å². The quantitative estimate of drug-likeness (QED) is 0.147. The lowest BCUT2D eigenvalue weighted by Crippen LogP contribution is -2.25. The van der Waals surface area contributed by atoms with Gasteiger partial charge in [0, 0.05) is 73.0 Å². The van der Waals surface area contributed by atoms with Gasteiger partial charge in [0.1, 0.15) is 34.6 Å². The zero-order valence-corrected chi connectivity index (χ0v) is 31.7. The van der Waals surface area contributed by atoms with E-state index in [0.29, 0.717) is 5.75 Å². The first-order valence-corrected chi connectivity index (χ1v) is 17.4. The van der Waals surface area contributed by atoms with Crippen LogP contribution in [0.4, 0.5) is 11.6 Å². The lowest BCUT2D eigenvalue weighted by Gasteiger charge is -2.22. The number of aryl methyl sites for hydroxylation is 4. The topological polar surface area (TPSA) is 115 Å². The lowest BCUT2D eigenvalue weighted by atomic mass is 10.0. The monoisotopic (exact) mass is 693 g/mol. The van der Waals surface area contributed by atoms with Crippen molar-refractivity contribution in [3.63, 3.8) is 0 Å². The van der Waals surface area contributed by atoms with Crippen LogP contribution in [-0.2, 0) is 0 Å². The minimum absolute atomic E-state index is 0.169. The molecule has 12 heteroatoms. The van der Waals surface area contributed by atoms with Gasteiger partial charge in [0.2, 0.25) is 0 Å². The Hall–Kier alpha value is -5.52. The maximum Gasteiger partial charge on any atom is 0.165 e. The van der Waals surface area contributed by atoms with Crippen molar-refractivity contribution < 1.29 is 19.3 Å². The zero-order valence-electron chi connectivity index (χ0n) is 31.7. The van der Waals surface area contributed by atoms with E-state index in [4.69, 9.17) is 34.4 Å². The summed E-state index contributed by atoms with van der Waals surface area (Å²) >= 11 is 0. The first-order valence-electron chi connectivity index (χ1n) is 17.4. The minimum Gasteiger partial charge on any atom is -0.508 e. The summed E-state index contributed by atoms with van der Waals surface area (Å²) in [5, 5.41) is 19.3. The molecule has 2 aromatic carbocycles. The van der Waals surface area contributed by atoms with Gasteiger partial charge in [-0.3, -0.25) is 0 Å². The SMILES string of the molecule is CCN(CC)c1cc(C)nc2c(-c3ccc(O)cc3OC)c(C)nn12.CCN(CC)c1cc(C)nc2c(-c3ccc(O[11CH3])cc3OC)c(C)nn12. The summed E-state index contributed by atoms with van der Waals surface area (Å²) in [7, 11) is 4.91. The molecule has 6 rings (SSSR count). The van der Waals surface area contributed by atoms with Crippen LogP contribution in [0, 0.1) is 27.7 Å². The molecule has 12 nitrogen and oxygen atoms in total. The van der Waals surface area contributed by atoms with E-state index in [9.17, 15) is 5.11 Å². The fourth-order valence-corrected chi connectivity index (χ4v) is 6.52. The highest BCUT2D eigenvalue weighted by molar-refractivity contribution is 5.86. The Morgan fingerprint density at radius 2 is 1.02 bits per heavy atom. The molecule has 0 saturated heterocycles. The summed E-state index contributed by atoms with van der Waals surface area (Å²) in [6.07, 6.45) is 0. The highest BCUT2D eigenvalue weighted by atomic mass is 16.5. The number of ether oxygens (including phenoxy) is 3. The van der Waals surface area contributed by atoms with Gasteiger partial charge < -0.3 is 29.1 Å². The molecule has 6 aromatic rings. The normalized spacial score (nSPS) is 11.0. The first-order chi connectivity index (χ1) is 24.5. The Bertz CT molecular complexity index is 2150. The van der Waals surface area contributed by atoms with Crippen LogP contribution in [0.25, 0.3) is 33.5 Å². The number of hydrogen-bond donors (Lipinski definition) is 1. The van der Waals surface area contributed by atoms with Crippen LogP contribution in [0.2, 0.25) is 0 Å². The van der Waals surface area contributed by atoms with Crippen molar-refractivity contribution in [2.45, 2.75) is 55.4 Å². The molecule has 0 unspecified atom stereocenters. The van der Waals surface area contributed by atoms with Gasteiger partial charge >= 0.3 is 0 Å². The lowest BCUT2D eigenvalue weighted by molar-refractivity contribution is 0.395. The van der Waals surface area contributed by atoms with Crippen LogP contribution >= 0.6 is 0 Å². The molecule has 0 fully saturated rings. The van der Waals surface area contributed by atoms with Gasteiger partial charge in [-0.25, -0.2) is 9.97 Å². The third-order valence-corrected chi connectivity index (χ3v) is 9.05. The maximum absolute atomic E-state index is 9.75. The summed E-state index contributed by atoms with van der Waals surface area (Å²) < 4.78 is 20.2. The molecule has 0 amide bonds. The Morgan fingerprint density at radius 3 is 1.43 bits per heavy atom. The van der Waals surface area contributed by atoms with Gasteiger partial charge in [-0.05, 0) is 79.7 Å². The second-order valence-electron chi connectivity index (χ2n) is 12.2. The van der Waals surface area contributed by atoms with Crippen molar-refractivity contribution in [2.24, 2.45) is 0 Å². The highest BCUT2D eigenvalue weighted by Crippen LogP contribution is 2.39. The minimum atomic E-state index is 0.169. The number of phenolic OH excluding ortho intramolecular Hbond substituents is 1. The van der Waals surface area contributed by atoms with Crippen molar-refractivity contribution in [1.82, 2.24) is 29.2 Å². The van der Waals surface area contributed by atoms with E-state index in [1.54, 1.807) is 33.5 Å². The van der Waals surface area contributed by atoms with E-state index in [2.05, 4.69) is 49.6 Å². The number of aromatic hydroxyl groups is 1. The largest absolute Gasteiger partial charge is 0.508 e. The number of aromatic nitrogens is 6. The van der Waals surface area contributed by atoms with Crippen molar-refractivity contribution >= 4 is 22.9 Å². The Kier molecular flexibility index (Phi) is 11.2. The van der Waals surface area contributed by atoms with Crippen LogP contribution in [0.1, 0.15) is 50.5 Å². The van der Waals surface area contributed by atoms with Crippen molar-refractivity contribution in [2.75, 3.05) is 57.3 Å². The predicted octanol–water partition coefficient (Wildman–Crippen LogP) is 7.45. The summed E-state index contributed by atoms with van der Waals surface area (Å²) in [6.45, 7) is 20.2. The fraction of sp³-hybridized carbons (Fsp3) is 0.385. The van der Waals surface area contributed by atoms with Gasteiger partial charge in [-0.15, -0.1) is 0 Å². The molecule has 0 aliphatic carbocycles. The smallest absolute Gasteiger partial charge is 0.165 e. The molecular weight excluding hydrogens is 643 g/mol. The number of phenols is 1. The molecule has 51 heavy (non-hydrogen) atoms. The van der Waals surface area contributed by atoms with E-state index in [1.165, 1.54) is 0 Å². The van der Waals surface area contributed by atoms with Crippen LogP contribution in [0.5, 0.6) is 23.0 Å². The maximum atomic E-state index is 9.75. The van der Waals surface area contributed by atoms with Crippen molar-refractivity contribution in [3.8, 4) is 45.3 Å². The Labute approximate surface area is 300 Å². The summed E-state index contributed by atoms with van der Waals surface area (Å²) in [5.74, 6) is 4.36. The van der Waals surface area contributed by atoms with E-state index >= 15 is 0 Å². The van der Waals surface area contributed by atoms with Crippen LogP contribution < -0.4 is 24.0 Å². The standard InChI is InChI=1S/C20H26N4O2.C19H24N4O2/c1-7-23(8-2)18-11-13(3)21-20-19(14(4)22-24(18)20)16-10-9-15(25-5)12-17(16)26-6;1-6-22(7-2)17-10-12(3)20-19-18(13(4)21-23(17)19)15-9-8-14(24)11-16(15)25-5/h9-12H,7-8H2,1-6H3;8-11,24H,6-7H2,1-5H3/i5-1;. The molecule has 0 radical (unpaired) electrons. The molecule has 0 bridgehead atoms. The average molecular weight is 694 g/mol. The number of anilines is 2. The Morgan fingerprint density at radius 1 is 0.588 bits per heavy atom. The van der Waals surface area contributed by atoms with Crippen LogP contribution in [0.15, 0.2) is 48.5 Å². The Balaban J connectivity index is 0.000000198. The zero-order chi connectivity index (χ0) is 37.0. The molecule has 0 spiro atoms. The van der Waals surface area contributed by atoms with Crippen molar-refractivity contribution in [3.05, 3.63) is 71.3 Å². The van der Waals surface area contributed by atoms with Crippen LogP contribution in [-0.4, -0.2) is 81.8 Å². The first kappa shape index (κ1) is 36.8. The molecule has 0 aliphatic rings. The molecular formula is C39H50N8O4. The fourth-order valence-electron chi connectivity index (χ4n) is 6.52. The molecule has 0 aliphatic heterocycles. The molecule has 4 heterocycles. The van der Waals surface area contributed by atoms with E-state index in [1.807, 2.05) is 61.0 Å². The van der Waals surface area contributed by atoms with E-state index in [0.717, 1.165) is 106 Å². The molecule has 0 saturated carbocycles. The molecule has 0 atom stereocenters. The van der Waals surface area contributed by atoms with E-state index in [-0.39, 0.29) is 5.75 Å². The van der Waals surface area contributed by atoms with Gasteiger partial charge in [-0.1, -0.05) is 0 Å². The second kappa shape index (κ2) is 15.6. The van der Waals surface area contributed by atoms with Gasteiger partial charge in [-0.2, -0.15) is 19.2 Å². The predicted molar refractivity (Wildman–Crippen MR) is 204 cm³/mol. The third-order valence-electron chi connectivity index (χ3n) is 9.05. The third kappa shape index (κ3) is 7.08. The number of methoxy groups -OCH3 is 3. The van der Waals surface area contributed by atoms with Crippen molar-refractivity contribution in [1.29, 1.82) is 0 Å². The average Bonchev–Trinajstić information content (AvgIpc) is 3.63. The van der Waals surface area contributed by atoms with E-state index < -0.39 is 0 Å². The summed E-state index contributed by atoms with van der Waals surface area (Å²) in [4.78, 5) is 14.1. The van der Waals surface area contributed by atoms with Gasteiger partial charge in [0.15, 0.2) is 11.3 Å². The number of fused-ring (bicyclic) bond motifs is 2. The number of hydrogen-bond acceptors (Lipinski definition) is 10. The molecule has 1 N–H and O–H groups in total. The summed E-state index contributed by atoms with van der Waals surface area (Å²) in [5.41, 5.74) is 9.07. The van der Waals surface area contributed by atoms with Gasteiger partial charge in [0.05, 0.1) is 43.8 Å². The second-order valence-corrected chi connectivity index (χ2v) is 12.2. The van der Waals surface area contributed by atoms with Crippen LogP contribution in [0.3, 0.4) is 0 Å². The number of rotatable bonds is 11.